The van der Waals surface area contributed by atoms with Crippen molar-refractivity contribution >= 4 is 30.1 Å². The van der Waals surface area contributed by atoms with Gasteiger partial charge in [-0.25, -0.2) is 0 Å². The highest BCUT2D eigenvalue weighted by Gasteiger charge is 2.13. The highest BCUT2D eigenvalue weighted by Crippen LogP contribution is 2.34. The minimum Gasteiger partial charge on any atom is -0.486 e. The summed E-state index contributed by atoms with van der Waals surface area (Å²) in [6.45, 7) is 4.32. The summed E-state index contributed by atoms with van der Waals surface area (Å²) in [5.74, 6) is 2.33. The van der Waals surface area contributed by atoms with Gasteiger partial charge in [-0.2, -0.15) is 5.10 Å². The van der Waals surface area contributed by atoms with Gasteiger partial charge < -0.3 is 20.1 Å². The number of hydrogen-bond acceptors (Lipinski definition) is 6. The lowest BCUT2D eigenvalue weighted by atomic mass is 10.3. The SMILES string of the molecule is Cl.O=C(CCSc1ccc2c(c1)OCCO2)NCc1cc2n(n1)CCNC2. The number of benzene rings is 1. The molecule has 2 aliphatic rings. The van der Waals surface area contributed by atoms with Gasteiger partial charge >= 0.3 is 0 Å². The molecule has 27 heavy (non-hydrogen) atoms. The second kappa shape index (κ2) is 9.34. The topological polar surface area (TPSA) is 77.4 Å². The molecule has 1 amide bonds. The quantitative estimate of drug-likeness (QED) is 0.709. The van der Waals surface area contributed by atoms with E-state index in [9.17, 15) is 4.79 Å². The van der Waals surface area contributed by atoms with Crippen LogP contribution in [0.15, 0.2) is 29.2 Å². The molecule has 3 heterocycles. The summed E-state index contributed by atoms with van der Waals surface area (Å²) in [6.07, 6.45) is 0.466. The smallest absolute Gasteiger partial charge is 0.221 e. The summed E-state index contributed by atoms with van der Waals surface area (Å²) in [4.78, 5) is 13.1. The van der Waals surface area contributed by atoms with E-state index in [0.717, 1.165) is 47.5 Å². The monoisotopic (exact) mass is 410 g/mol. The predicted molar refractivity (Wildman–Crippen MR) is 106 cm³/mol. The normalized spacial score (nSPS) is 14.8. The lowest BCUT2D eigenvalue weighted by molar-refractivity contribution is -0.120. The molecule has 0 saturated heterocycles. The number of ether oxygens (including phenoxy) is 2. The average molecular weight is 411 g/mol. The Morgan fingerprint density at radius 2 is 2.11 bits per heavy atom. The van der Waals surface area contributed by atoms with Crippen molar-refractivity contribution in [2.75, 3.05) is 25.5 Å². The number of carbonyl (C=O) groups excluding carboxylic acids is 1. The highest BCUT2D eigenvalue weighted by molar-refractivity contribution is 7.99. The fraction of sp³-hybridized carbons (Fsp3) is 0.444. The zero-order valence-electron chi connectivity index (χ0n) is 14.9. The summed E-state index contributed by atoms with van der Waals surface area (Å²) in [7, 11) is 0. The van der Waals surface area contributed by atoms with Crippen molar-refractivity contribution in [3.05, 3.63) is 35.7 Å². The van der Waals surface area contributed by atoms with Crippen LogP contribution in [-0.4, -0.2) is 41.2 Å². The Labute approximate surface area is 168 Å². The van der Waals surface area contributed by atoms with E-state index in [0.29, 0.717) is 26.2 Å². The van der Waals surface area contributed by atoms with Crippen LogP contribution in [0.25, 0.3) is 0 Å². The van der Waals surface area contributed by atoms with Gasteiger partial charge in [0.1, 0.15) is 13.2 Å². The number of fused-ring (bicyclic) bond motifs is 2. The third kappa shape index (κ3) is 5.09. The summed E-state index contributed by atoms with van der Waals surface area (Å²) >= 11 is 1.64. The first-order valence-electron chi connectivity index (χ1n) is 8.83. The molecule has 4 rings (SSSR count). The maximum Gasteiger partial charge on any atom is 0.221 e. The number of halogens is 1. The van der Waals surface area contributed by atoms with Gasteiger partial charge in [-0.05, 0) is 24.3 Å². The molecule has 7 nitrogen and oxygen atoms in total. The summed E-state index contributed by atoms with van der Waals surface area (Å²) in [5.41, 5.74) is 2.09. The predicted octanol–water partition coefficient (Wildman–Crippen LogP) is 1.98. The van der Waals surface area contributed by atoms with Gasteiger partial charge in [0.25, 0.3) is 0 Å². The van der Waals surface area contributed by atoms with Gasteiger partial charge in [0.15, 0.2) is 11.5 Å². The molecule has 146 valence electrons. The third-order valence-electron chi connectivity index (χ3n) is 4.30. The Balaban J connectivity index is 0.00000210. The number of thioether (sulfide) groups is 1. The fourth-order valence-corrected chi connectivity index (χ4v) is 3.87. The number of amides is 1. The van der Waals surface area contributed by atoms with Crippen molar-refractivity contribution in [2.24, 2.45) is 0 Å². The maximum atomic E-state index is 12.1. The molecule has 0 radical (unpaired) electrons. The van der Waals surface area contributed by atoms with Crippen molar-refractivity contribution < 1.29 is 14.3 Å². The first-order valence-corrected chi connectivity index (χ1v) is 9.82. The van der Waals surface area contributed by atoms with E-state index in [1.165, 1.54) is 5.69 Å². The maximum absolute atomic E-state index is 12.1. The van der Waals surface area contributed by atoms with Crippen LogP contribution in [0.4, 0.5) is 0 Å². The van der Waals surface area contributed by atoms with E-state index in [2.05, 4.69) is 21.8 Å². The van der Waals surface area contributed by atoms with E-state index in [1.54, 1.807) is 11.8 Å². The van der Waals surface area contributed by atoms with Crippen LogP contribution in [0.3, 0.4) is 0 Å². The molecule has 0 unspecified atom stereocenters. The standard InChI is InChI=1S/C18H22N4O3S.ClH/c23-18(20-11-13-9-14-12-19-4-5-22(14)21-13)3-8-26-15-1-2-16-17(10-15)25-7-6-24-16;/h1-2,9-10,19H,3-8,11-12H2,(H,20,23);1H. The zero-order chi connectivity index (χ0) is 17.8. The lowest BCUT2D eigenvalue weighted by Crippen LogP contribution is -2.28. The van der Waals surface area contributed by atoms with Gasteiger partial charge in [0.05, 0.1) is 24.5 Å². The molecule has 1 aromatic heterocycles. The van der Waals surface area contributed by atoms with Crippen LogP contribution >= 0.6 is 24.2 Å². The lowest BCUT2D eigenvalue weighted by Gasteiger charge is -2.18. The number of nitrogens with zero attached hydrogens (tertiary/aromatic N) is 2. The molecule has 0 saturated carbocycles. The van der Waals surface area contributed by atoms with Crippen molar-refractivity contribution in [2.45, 2.75) is 31.0 Å². The zero-order valence-corrected chi connectivity index (χ0v) is 16.5. The molecular weight excluding hydrogens is 388 g/mol. The van der Waals surface area contributed by atoms with Crippen molar-refractivity contribution in [3.8, 4) is 11.5 Å². The van der Waals surface area contributed by atoms with E-state index >= 15 is 0 Å². The Bertz CT molecular complexity index is 775. The van der Waals surface area contributed by atoms with Crippen molar-refractivity contribution in [3.63, 3.8) is 0 Å². The third-order valence-corrected chi connectivity index (χ3v) is 5.29. The van der Waals surface area contributed by atoms with Crippen molar-refractivity contribution in [1.29, 1.82) is 0 Å². The molecule has 2 N–H and O–H groups in total. The Morgan fingerprint density at radius 1 is 1.26 bits per heavy atom. The van der Waals surface area contributed by atoms with Crippen LogP contribution in [0.1, 0.15) is 17.8 Å². The van der Waals surface area contributed by atoms with Crippen LogP contribution in [0, 0.1) is 0 Å². The Morgan fingerprint density at radius 3 is 2.96 bits per heavy atom. The Kier molecular flexibility index (Phi) is 6.87. The minimum atomic E-state index is 0. The molecule has 1 aromatic carbocycles. The van der Waals surface area contributed by atoms with Gasteiger partial charge in [0, 0.05) is 30.2 Å². The van der Waals surface area contributed by atoms with Crippen molar-refractivity contribution in [1.82, 2.24) is 20.4 Å². The number of carbonyl (C=O) groups is 1. The van der Waals surface area contributed by atoms with Gasteiger partial charge in [-0.3, -0.25) is 9.48 Å². The van der Waals surface area contributed by atoms with Crippen LogP contribution < -0.4 is 20.1 Å². The number of rotatable bonds is 6. The summed E-state index contributed by atoms with van der Waals surface area (Å²) in [5, 5.41) is 10.8. The van der Waals surface area contributed by atoms with Gasteiger partial charge in [-0.1, -0.05) is 0 Å². The van der Waals surface area contributed by atoms with E-state index in [-0.39, 0.29) is 18.3 Å². The van der Waals surface area contributed by atoms with Crippen LogP contribution in [0.2, 0.25) is 0 Å². The number of hydrogen-bond donors (Lipinski definition) is 2. The molecule has 0 fully saturated rings. The second-order valence-electron chi connectivity index (χ2n) is 6.21. The first kappa shape index (κ1) is 19.9. The number of nitrogens with one attached hydrogen (secondary N) is 2. The molecular formula is C18H23ClN4O3S. The highest BCUT2D eigenvalue weighted by atomic mass is 35.5. The summed E-state index contributed by atoms with van der Waals surface area (Å²) < 4.78 is 13.1. The van der Waals surface area contributed by atoms with Crippen LogP contribution in [0.5, 0.6) is 11.5 Å². The molecule has 0 bridgehead atoms. The molecule has 0 aliphatic carbocycles. The first-order chi connectivity index (χ1) is 12.8. The Hall–Kier alpha value is -1.90. The number of aromatic nitrogens is 2. The van der Waals surface area contributed by atoms with Gasteiger partial charge in [0.2, 0.25) is 5.91 Å². The molecule has 0 atom stereocenters. The molecule has 2 aromatic rings. The molecule has 9 heteroatoms. The average Bonchev–Trinajstić information content (AvgIpc) is 3.09. The largest absolute Gasteiger partial charge is 0.486 e. The second-order valence-corrected chi connectivity index (χ2v) is 7.38. The molecule has 0 spiro atoms. The minimum absolute atomic E-state index is 0. The van der Waals surface area contributed by atoms with E-state index in [4.69, 9.17) is 9.47 Å². The van der Waals surface area contributed by atoms with Gasteiger partial charge in [-0.15, -0.1) is 24.2 Å². The molecule has 2 aliphatic heterocycles. The van der Waals surface area contributed by atoms with E-state index < -0.39 is 0 Å². The summed E-state index contributed by atoms with van der Waals surface area (Å²) in [6, 6.07) is 7.95. The van der Waals surface area contributed by atoms with Crippen LogP contribution in [-0.2, 0) is 24.4 Å². The van der Waals surface area contributed by atoms with E-state index in [1.807, 2.05) is 22.9 Å². The fourth-order valence-electron chi connectivity index (χ4n) is 2.99.